The zero-order valence-corrected chi connectivity index (χ0v) is 13.5. The highest BCUT2D eigenvalue weighted by Gasteiger charge is 2.24. The van der Waals surface area contributed by atoms with Gasteiger partial charge >= 0.3 is 0 Å². The molecule has 1 N–H and O–H groups in total. The summed E-state index contributed by atoms with van der Waals surface area (Å²) < 4.78 is 0. The van der Waals surface area contributed by atoms with Crippen LogP contribution in [0.5, 0.6) is 0 Å². The van der Waals surface area contributed by atoms with E-state index in [1.165, 1.54) is 12.1 Å². The van der Waals surface area contributed by atoms with E-state index < -0.39 is 4.92 Å². The predicted molar refractivity (Wildman–Crippen MR) is 87.5 cm³/mol. The maximum Gasteiger partial charge on any atom is 0.270 e. The first-order chi connectivity index (χ1) is 10.1. The largest absolute Gasteiger partial charge is 0.339 e. The molecule has 0 aliphatic carbocycles. The topological polar surface area (TPSA) is 75.5 Å². The minimum Gasteiger partial charge on any atom is -0.339 e. The van der Waals surface area contributed by atoms with Crippen LogP contribution in [-0.2, 0) is 0 Å². The molecule has 22 heavy (non-hydrogen) atoms. The van der Waals surface area contributed by atoms with Gasteiger partial charge in [-0.05, 0) is 37.9 Å². The fourth-order valence-corrected chi connectivity index (χ4v) is 2.62. The number of hydrogen-bond donors (Lipinski definition) is 1. The Kier molecular flexibility index (Phi) is 7.27. The summed E-state index contributed by atoms with van der Waals surface area (Å²) in [5.74, 6) is 0.500. The second-order valence-corrected chi connectivity index (χ2v) is 5.35. The second-order valence-electron chi connectivity index (χ2n) is 5.35. The number of hydrogen-bond acceptors (Lipinski definition) is 4. The lowest BCUT2D eigenvalue weighted by Crippen LogP contribution is -2.40. The molecular formula is C15H22ClN3O3. The number of likely N-dealkylation sites (tertiary alicyclic amines) is 1. The number of nitro groups is 1. The highest BCUT2D eigenvalue weighted by molar-refractivity contribution is 5.94. The van der Waals surface area contributed by atoms with Gasteiger partial charge in [-0.3, -0.25) is 14.9 Å². The number of nitro benzene ring substituents is 1. The Balaban J connectivity index is 0.00000242. The van der Waals surface area contributed by atoms with E-state index in [0.29, 0.717) is 11.5 Å². The molecule has 1 heterocycles. The van der Waals surface area contributed by atoms with E-state index in [-0.39, 0.29) is 24.0 Å². The number of nitrogens with zero attached hydrogens (tertiary/aromatic N) is 2. The number of nitrogens with one attached hydrogen (secondary N) is 1. The van der Waals surface area contributed by atoms with Crippen LogP contribution in [0.4, 0.5) is 5.69 Å². The average molecular weight is 328 g/mol. The Morgan fingerprint density at radius 3 is 2.68 bits per heavy atom. The summed E-state index contributed by atoms with van der Waals surface area (Å²) in [6, 6.07) is 5.95. The minimum absolute atomic E-state index is 0. The quantitative estimate of drug-likeness (QED) is 0.666. The molecule has 0 atom stereocenters. The first kappa shape index (κ1) is 18.4. The van der Waals surface area contributed by atoms with Crippen LogP contribution < -0.4 is 5.32 Å². The van der Waals surface area contributed by atoms with Gasteiger partial charge in [-0.2, -0.15) is 0 Å². The summed E-state index contributed by atoms with van der Waals surface area (Å²) in [6.07, 6.45) is 1.96. The molecule has 7 heteroatoms. The van der Waals surface area contributed by atoms with Crippen LogP contribution in [0.15, 0.2) is 24.3 Å². The molecule has 6 nitrogen and oxygen atoms in total. The van der Waals surface area contributed by atoms with Crippen molar-refractivity contribution in [3.05, 3.63) is 39.9 Å². The standard InChI is InChI=1S/C15H21N3O3.ClH/c1-2-16-11-12-6-8-17(9-7-12)15(19)13-4-3-5-14(10-13)18(20)21;/h3-5,10,12,16H,2,6-9,11H2,1H3;1H. The Morgan fingerprint density at radius 2 is 2.09 bits per heavy atom. The molecule has 122 valence electrons. The number of halogens is 1. The molecule has 0 radical (unpaired) electrons. The van der Waals surface area contributed by atoms with Gasteiger partial charge in [-0.15, -0.1) is 12.4 Å². The zero-order chi connectivity index (χ0) is 15.2. The van der Waals surface area contributed by atoms with Crippen LogP contribution in [-0.4, -0.2) is 41.9 Å². The summed E-state index contributed by atoms with van der Waals surface area (Å²) in [6.45, 7) is 5.48. The Morgan fingerprint density at radius 1 is 1.41 bits per heavy atom. The van der Waals surface area contributed by atoms with Crippen molar-refractivity contribution in [1.82, 2.24) is 10.2 Å². The molecule has 1 amide bonds. The van der Waals surface area contributed by atoms with Gasteiger partial charge in [-0.25, -0.2) is 0 Å². The summed E-state index contributed by atoms with van der Waals surface area (Å²) in [7, 11) is 0. The number of carbonyl (C=O) groups is 1. The number of rotatable bonds is 5. The van der Waals surface area contributed by atoms with Crippen LogP contribution in [0.1, 0.15) is 30.1 Å². The van der Waals surface area contributed by atoms with Gasteiger partial charge < -0.3 is 10.2 Å². The lowest BCUT2D eigenvalue weighted by molar-refractivity contribution is -0.384. The van der Waals surface area contributed by atoms with Crippen molar-refractivity contribution in [2.45, 2.75) is 19.8 Å². The summed E-state index contributed by atoms with van der Waals surface area (Å²) in [5, 5.41) is 14.1. The van der Waals surface area contributed by atoms with Crippen molar-refractivity contribution < 1.29 is 9.72 Å². The number of benzene rings is 1. The Labute approximate surface area is 136 Å². The lowest BCUT2D eigenvalue weighted by atomic mass is 9.96. The number of amides is 1. The molecule has 0 spiro atoms. The molecule has 1 aromatic rings. The lowest BCUT2D eigenvalue weighted by Gasteiger charge is -2.32. The maximum absolute atomic E-state index is 12.4. The first-order valence-electron chi connectivity index (χ1n) is 7.36. The highest BCUT2D eigenvalue weighted by Crippen LogP contribution is 2.20. The molecule has 1 aliphatic heterocycles. The number of non-ortho nitro benzene ring substituents is 1. The maximum atomic E-state index is 12.4. The molecule has 0 saturated carbocycles. The highest BCUT2D eigenvalue weighted by atomic mass is 35.5. The predicted octanol–water partition coefficient (Wildman–Crippen LogP) is 2.48. The van der Waals surface area contributed by atoms with Gasteiger partial charge in [0.05, 0.1) is 4.92 Å². The van der Waals surface area contributed by atoms with Gasteiger partial charge in [-0.1, -0.05) is 13.0 Å². The van der Waals surface area contributed by atoms with E-state index in [0.717, 1.165) is 39.0 Å². The minimum atomic E-state index is -0.473. The van der Waals surface area contributed by atoms with E-state index in [1.807, 2.05) is 0 Å². The van der Waals surface area contributed by atoms with Crippen molar-refractivity contribution in [1.29, 1.82) is 0 Å². The molecule has 0 unspecified atom stereocenters. The van der Waals surface area contributed by atoms with Gasteiger partial charge in [0.2, 0.25) is 0 Å². The molecule has 2 rings (SSSR count). The molecule has 1 fully saturated rings. The molecule has 0 aromatic heterocycles. The van der Waals surface area contributed by atoms with Crippen LogP contribution in [0.2, 0.25) is 0 Å². The third-order valence-electron chi connectivity index (χ3n) is 3.89. The molecule has 1 aromatic carbocycles. The van der Waals surface area contributed by atoms with Crippen LogP contribution >= 0.6 is 12.4 Å². The van der Waals surface area contributed by atoms with Crippen molar-refractivity contribution in [2.24, 2.45) is 5.92 Å². The van der Waals surface area contributed by atoms with Crippen LogP contribution in [0.3, 0.4) is 0 Å². The van der Waals surface area contributed by atoms with E-state index in [9.17, 15) is 14.9 Å². The first-order valence-corrected chi connectivity index (χ1v) is 7.36. The van der Waals surface area contributed by atoms with Gasteiger partial charge in [0, 0.05) is 30.8 Å². The average Bonchev–Trinajstić information content (AvgIpc) is 2.53. The van der Waals surface area contributed by atoms with Crippen molar-refractivity contribution in [3.8, 4) is 0 Å². The SMILES string of the molecule is CCNCC1CCN(C(=O)c2cccc([N+](=O)[O-])c2)CC1.Cl. The van der Waals surface area contributed by atoms with E-state index in [2.05, 4.69) is 12.2 Å². The second kappa shape index (κ2) is 8.70. The molecule has 1 saturated heterocycles. The fourth-order valence-electron chi connectivity index (χ4n) is 2.62. The fraction of sp³-hybridized carbons (Fsp3) is 0.533. The monoisotopic (exact) mass is 327 g/mol. The van der Waals surface area contributed by atoms with Crippen LogP contribution in [0, 0.1) is 16.0 Å². The summed E-state index contributed by atoms with van der Waals surface area (Å²) in [4.78, 5) is 24.5. The van der Waals surface area contributed by atoms with E-state index in [4.69, 9.17) is 0 Å². The Hall–Kier alpha value is -1.66. The normalized spacial score (nSPS) is 15.2. The van der Waals surface area contributed by atoms with Crippen LogP contribution in [0.25, 0.3) is 0 Å². The molecule has 0 bridgehead atoms. The Bertz CT molecular complexity index is 517. The number of carbonyl (C=O) groups excluding carboxylic acids is 1. The summed E-state index contributed by atoms with van der Waals surface area (Å²) in [5.41, 5.74) is 0.359. The van der Waals surface area contributed by atoms with E-state index in [1.54, 1.807) is 17.0 Å². The van der Waals surface area contributed by atoms with Gasteiger partial charge in [0.25, 0.3) is 11.6 Å². The summed E-state index contributed by atoms with van der Waals surface area (Å²) >= 11 is 0. The molecular weight excluding hydrogens is 306 g/mol. The van der Waals surface area contributed by atoms with Crippen molar-refractivity contribution in [2.75, 3.05) is 26.2 Å². The third-order valence-corrected chi connectivity index (χ3v) is 3.89. The third kappa shape index (κ3) is 4.68. The van der Waals surface area contributed by atoms with Gasteiger partial charge in [0.15, 0.2) is 0 Å². The smallest absolute Gasteiger partial charge is 0.270 e. The van der Waals surface area contributed by atoms with Crippen molar-refractivity contribution >= 4 is 24.0 Å². The number of piperidine rings is 1. The van der Waals surface area contributed by atoms with Gasteiger partial charge in [0.1, 0.15) is 0 Å². The van der Waals surface area contributed by atoms with E-state index >= 15 is 0 Å². The van der Waals surface area contributed by atoms with Crippen molar-refractivity contribution in [3.63, 3.8) is 0 Å². The zero-order valence-electron chi connectivity index (χ0n) is 12.7. The molecule has 1 aliphatic rings.